The highest BCUT2D eigenvalue weighted by Crippen LogP contribution is 2.18. The summed E-state index contributed by atoms with van der Waals surface area (Å²) < 4.78 is 4.90. The van der Waals surface area contributed by atoms with E-state index >= 15 is 0 Å². The van der Waals surface area contributed by atoms with Gasteiger partial charge in [-0.2, -0.15) is 0 Å². The molecule has 0 aliphatic heterocycles. The minimum Gasteiger partial charge on any atom is -0.383 e. The van der Waals surface area contributed by atoms with Gasteiger partial charge in [0.15, 0.2) is 0 Å². The van der Waals surface area contributed by atoms with Crippen molar-refractivity contribution in [2.24, 2.45) is 0 Å². The van der Waals surface area contributed by atoms with Gasteiger partial charge < -0.3 is 15.4 Å². The van der Waals surface area contributed by atoms with Gasteiger partial charge in [0.05, 0.1) is 6.61 Å². The van der Waals surface area contributed by atoms with Crippen LogP contribution in [0.15, 0.2) is 36.5 Å². The van der Waals surface area contributed by atoms with Crippen LogP contribution >= 0.6 is 0 Å². The molecule has 0 radical (unpaired) electrons. The maximum absolute atomic E-state index is 12.0. The van der Waals surface area contributed by atoms with Crippen molar-refractivity contribution in [3.63, 3.8) is 0 Å². The van der Waals surface area contributed by atoms with E-state index in [0.717, 1.165) is 12.1 Å². The molecule has 2 N–H and O–H groups in total. The number of hydrogen-bond donors (Lipinski definition) is 2. The Balaban J connectivity index is 2.09. The number of aromatic nitrogens is 2. The predicted molar refractivity (Wildman–Crippen MR) is 85.3 cm³/mol. The summed E-state index contributed by atoms with van der Waals surface area (Å²) in [5, 5.41) is 5.89. The lowest BCUT2D eigenvalue weighted by Crippen LogP contribution is -2.27. The Kier molecular flexibility index (Phi) is 5.85. The molecule has 6 nitrogen and oxygen atoms in total. The number of benzene rings is 1. The molecule has 0 bridgehead atoms. The summed E-state index contributed by atoms with van der Waals surface area (Å²) in [6.45, 7) is 2.99. The number of hydrogen-bond acceptors (Lipinski definition) is 5. The van der Waals surface area contributed by atoms with Crippen LogP contribution in [0.2, 0.25) is 0 Å². The van der Waals surface area contributed by atoms with Crippen LogP contribution in [-0.4, -0.2) is 36.1 Å². The first kappa shape index (κ1) is 15.9. The Hall–Kier alpha value is -2.47. The first-order chi connectivity index (χ1) is 10.7. The number of para-hydroxylation sites is 1. The predicted octanol–water partition coefficient (Wildman–Crippen LogP) is 2.16. The lowest BCUT2D eigenvalue weighted by molar-refractivity contribution is 0.0932. The van der Waals surface area contributed by atoms with E-state index in [2.05, 4.69) is 27.5 Å². The average Bonchev–Trinajstić information content (AvgIpc) is 2.56. The Labute approximate surface area is 129 Å². The quantitative estimate of drug-likeness (QED) is 0.766. The zero-order valence-corrected chi connectivity index (χ0v) is 12.8. The van der Waals surface area contributed by atoms with Crippen LogP contribution in [0.1, 0.15) is 23.0 Å². The van der Waals surface area contributed by atoms with Crippen molar-refractivity contribution in [3.8, 4) is 0 Å². The fourth-order valence-electron chi connectivity index (χ4n) is 1.97. The molecule has 2 aromatic rings. The maximum atomic E-state index is 12.0. The highest BCUT2D eigenvalue weighted by atomic mass is 16.5. The van der Waals surface area contributed by atoms with Crippen LogP contribution in [0.5, 0.6) is 0 Å². The molecular formula is C16H20N4O2. The molecule has 116 valence electrons. The SMILES string of the molecule is CCc1ccccc1Nc1nccc(C(=O)NCCOC)n1. The standard InChI is InChI=1S/C16H20N4O2/c1-3-12-6-4-5-7-13(12)19-16-18-9-8-14(20-16)15(21)17-10-11-22-2/h4-9H,3,10-11H2,1-2H3,(H,17,21)(H,18,19,20). The summed E-state index contributed by atoms with van der Waals surface area (Å²) >= 11 is 0. The van der Waals surface area contributed by atoms with Gasteiger partial charge in [-0.1, -0.05) is 25.1 Å². The van der Waals surface area contributed by atoms with Crippen molar-refractivity contribution in [1.82, 2.24) is 15.3 Å². The van der Waals surface area contributed by atoms with Crippen molar-refractivity contribution in [1.29, 1.82) is 0 Å². The zero-order valence-electron chi connectivity index (χ0n) is 12.8. The van der Waals surface area contributed by atoms with Gasteiger partial charge in [-0.15, -0.1) is 0 Å². The molecule has 1 aromatic carbocycles. The second-order valence-electron chi connectivity index (χ2n) is 4.65. The van der Waals surface area contributed by atoms with Crippen LogP contribution in [0.25, 0.3) is 0 Å². The van der Waals surface area contributed by atoms with Crippen LogP contribution in [-0.2, 0) is 11.2 Å². The van der Waals surface area contributed by atoms with Gasteiger partial charge >= 0.3 is 0 Å². The van der Waals surface area contributed by atoms with Crippen molar-refractivity contribution in [3.05, 3.63) is 47.8 Å². The van der Waals surface area contributed by atoms with E-state index in [4.69, 9.17) is 4.74 Å². The van der Waals surface area contributed by atoms with Crippen molar-refractivity contribution < 1.29 is 9.53 Å². The number of carbonyl (C=O) groups excluding carboxylic acids is 1. The first-order valence-corrected chi connectivity index (χ1v) is 7.19. The third kappa shape index (κ3) is 4.26. The highest BCUT2D eigenvalue weighted by molar-refractivity contribution is 5.92. The monoisotopic (exact) mass is 300 g/mol. The first-order valence-electron chi connectivity index (χ1n) is 7.19. The minimum absolute atomic E-state index is 0.244. The highest BCUT2D eigenvalue weighted by Gasteiger charge is 2.09. The molecule has 0 unspecified atom stereocenters. The minimum atomic E-state index is -0.244. The lowest BCUT2D eigenvalue weighted by atomic mass is 10.1. The van der Waals surface area contributed by atoms with Crippen LogP contribution in [0.3, 0.4) is 0 Å². The number of nitrogens with one attached hydrogen (secondary N) is 2. The molecule has 0 atom stereocenters. The van der Waals surface area contributed by atoms with Gasteiger partial charge in [-0.25, -0.2) is 9.97 Å². The molecule has 0 aliphatic rings. The Morgan fingerprint density at radius 1 is 1.27 bits per heavy atom. The Morgan fingerprint density at radius 3 is 2.86 bits per heavy atom. The number of aryl methyl sites for hydroxylation is 1. The van der Waals surface area contributed by atoms with Crippen LogP contribution in [0.4, 0.5) is 11.6 Å². The Bertz CT molecular complexity index is 631. The van der Waals surface area contributed by atoms with Crippen molar-refractivity contribution in [2.75, 3.05) is 25.6 Å². The van der Waals surface area contributed by atoms with E-state index in [1.54, 1.807) is 19.4 Å². The number of carbonyl (C=O) groups is 1. The van der Waals surface area contributed by atoms with E-state index in [1.165, 1.54) is 5.56 Å². The number of amides is 1. The summed E-state index contributed by atoms with van der Waals surface area (Å²) in [6, 6.07) is 9.53. The number of rotatable bonds is 7. The summed E-state index contributed by atoms with van der Waals surface area (Å²) in [5.41, 5.74) is 2.44. The molecule has 0 spiro atoms. The molecule has 1 amide bonds. The van der Waals surface area contributed by atoms with E-state index in [9.17, 15) is 4.79 Å². The van der Waals surface area contributed by atoms with Crippen LogP contribution < -0.4 is 10.6 Å². The molecule has 2 rings (SSSR count). The van der Waals surface area contributed by atoms with Gasteiger partial charge in [-0.3, -0.25) is 4.79 Å². The molecule has 0 saturated heterocycles. The molecule has 0 fully saturated rings. The summed E-state index contributed by atoms with van der Waals surface area (Å²) in [7, 11) is 1.59. The van der Waals surface area contributed by atoms with Gasteiger partial charge in [0.25, 0.3) is 5.91 Å². The molecule has 1 heterocycles. The molecule has 6 heteroatoms. The Morgan fingerprint density at radius 2 is 2.09 bits per heavy atom. The second kappa shape index (κ2) is 8.09. The number of methoxy groups -OCH3 is 1. The molecule has 0 saturated carbocycles. The van der Waals surface area contributed by atoms with Gasteiger partial charge in [-0.05, 0) is 24.1 Å². The number of nitrogens with zero attached hydrogens (tertiary/aromatic N) is 2. The normalized spacial score (nSPS) is 10.3. The fourth-order valence-corrected chi connectivity index (χ4v) is 1.97. The van der Waals surface area contributed by atoms with E-state index < -0.39 is 0 Å². The fraction of sp³-hybridized carbons (Fsp3) is 0.312. The third-order valence-electron chi connectivity index (χ3n) is 3.12. The molecule has 1 aromatic heterocycles. The third-order valence-corrected chi connectivity index (χ3v) is 3.12. The van der Waals surface area contributed by atoms with Crippen molar-refractivity contribution >= 4 is 17.5 Å². The van der Waals surface area contributed by atoms with Crippen molar-refractivity contribution in [2.45, 2.75) is 13.3 Å². The molecule has 22 heavy (non-hydrogen) atoms. The number of ether oxygens (including phenoxy) is 1. The summed E-state index contributed by atoms with van der Waals surface area (Å²) in [4.78, 5) is 20.4. The zero-order chi connectivity index (χ0) is 15.8. The molecule has 0 aliphatic carbocycles. The lowest BCUT2D eigenvalue weighted by Gasteiger charge is -2.10. The van der Waals surface area contributed by atoms with E-state index in [0.29, 0.717) is 24.8 Å². The topological polar surface area (TPSA) is 76.1 Å². The van der Waals surface area contributed by atoms with Gasteiger partial charge in [0.1, 0.15) is 5.69 Å². The summed E-state index contributed by atoms with van der Waals surface area (Å²) in [5.74, 6) is 0.159. The maximum Gasteiger partial charge on any atom is 0.270 e. The van der Waals surface area contributed by atoms with Crippen LogP contribution in [0, 0.1) is 0 Å². The largest absolute Gasteiger partial charge is 0.383 e. The second-order valence-corrected chi connectivity index (χ2v) is 4.65. The number of anilines is 2. The van der Waals surface area contributed by atoms with E-state index in [1.807, 2.05) is 24.3 Å². The molecular weight excluding hydrogens is 280 g/mol. The van der Waals surface area contributed by atoms with Gasteiger partial charge in [0.2, 0.25) is 5.95 Å². The smallest absolute Gasteiger partial charge is 0.270 e. The summed E-state index contributed by atoms with van der Waals surface area (Å²) in [6.07, 6.45) is 2.47. The van der Waals surface area contributed by atoms with E-state index in [-0.39, 0.29) is 5.91 Å². The average molecular weight is 300 g/mol. The van der Waals surface area contributed by atoms with Gasteiger partial charge in [0, 0.05) is 25.5 Å².